The van der Waals surface area contributed by atoms with Crippen molar-refractivity contribution in [1.82, 2.24) is 0 Å². The van der Waals surface area contributed by atoms with Crippen molar-refractivity contribution < 1.29 is 9.13 Å². The molecule has 1 atom stereocenters. The normalized spacial score (nSPS) is 12.3. The van der Waals surface area contributed by atoms with Crippen LogP contribution in [0.15, 0.2) is 34.8 Å². The average molecular weight is 378 g/mol. The number of benzene rings is 2. The molecule has 2 aromatic rings. The molecule has 0 radical (unpaired) electrons. The van der Waals surface area contributed by atoms with Crippen LogP contribution < -0.4 is 4.74 Å². The van der Waals surface area contributed by atoms with Crippen molar-refractivity contribution in [2.24, 2.45) is 0 Å². The lowest BCUT2D eigenvalue weighted by Gasteiger charge is -2.15. The minimum absolute atomic E-state index is 0.319. The highest BCUT2D eigenvalue weighted by Crippen LogP contribution is 2.37. The van der Waals surface area contributed by atoms with Gasteiger partial charge in [0.1, 0.15) is 11.6 Å². The molecule has 0 heterocycles. The maximum atomic E-state index is 13.4. The molecule has 106 valence electrons. The predicted octanol–water partition coefficient (Wildman–Crippen LogP) is 5.89. The number of aryl methyl sites for hydroxylation is 1. The smallest absolute Gasteiger partial charge is 0.133 e. The summed E-state index contributed by atoms with van der Waals surface area (Å²) in [6.07, 6.45) is 0. The molecule has 0 aromatic heterocycles. The van der Waals surface area contributed by atoms with E-state index in [1.807, 2.05) is 18.2 Å². The standard InChI is InChI=1S/C15H12BrCl2FO/c1-8-5-10(12(17)7-13(8)19)15(18)9-3-4-14(20-2)11(16)6-9/h3-7,15H,1-2H3. The van der Waals surface area contributed by atoms with Gasteiger partial charge >= 0.3 is 0 Å². The Morgan fingerprint density at radius 2 is 1.95 bits per heavy atom. The molecule has 2 aromatic carbocycles. The van der Waals surface area contributed by atoms with Gasteiger partial charge in [0.05, 0.1) is 17.0 Å². The number of alkyl halides is 1. The van der Waals surface area contributed by atoms with Crippen molar-refractivity contribution in [2.75, 3.05) is 7.11 Å². The van der Waals surface area contributed by atoms with Gasteiger partial charge in [-0.3, -0.25) is 0 Å². The molecule has 0 bridgehead atoms. The fourth-order valence-electron chi connectivity index (χ4n) is 1.89. The number of methoxy groups -OCH3 is 1. The minimum atomic E-state index is -0.455. The summed E-state index contributed by atoms with van der Waals surface area (Å²) in [7, 11) is 1.60. The topological polar surface area (TPSA) is 9.23 Å². The Bertz CT molecular complexity index is 646. The summed E-state index contributed by atoms with van der Waals surface area (Å²) in [6, 6.07) is 8.51. The first-order valence-corrected chi connectivity index (χ1v) is 7.48. The average Bonchev–Trinajstić information content (AvgIpc) is 2.42. The predicted molar refractivity (Wildman–Crippen MR) is 84.5 cm³/mol. The van der Waals surface area contributed by atoms with Gasteiger partial charge in [-0.15, -0.1) is 11.6 Å². The number of rotatable bonds is 3. The highest BCUT2D eigenvalue weighted by atomic mass is 79.9. The number of halogens is 4. The number of hydrogen-bond donors (Lipinski definition) is 0. The van der Waals surface area contributed by atoms with Crippen molar-refractivity contribution in [3.63, 3.8) is 0 Å². The quantitative estimate of drug-likeness (QED) is 0.606. The van der Waals surface area contributed by atoms with Gasteiger partial charge in [0.2, 0.25) is 0 Å². The largest absolute Gasteiger partial charge is 0.496 e. The van der Waals surface area contributed by atoms with Crippen molar-refractivity contribution in [2.45, 2.75) is 12.3 Å². The van der Waals surface area contributed by atoms with Crippen LogP contribution in [0.2, 0.25) is 5.02 Å². The van der Waals surface area contributed by atoms with E-state index in [2.05, 4.69) is 15.9 Å². The number of ether oxygens (including phenoxy) is 1. The molecular formula is C15H12BrCl2FO. The van der Waals surface area contributed by atoms with Gasteiger partial charge in [0.25, 0.3) is 0 Å². The second-order valence-electron chi connectivity index (χ2n) is 4.38. The third kappa shape index (κ3) is 3.11. The highest BCUT2D eigenvalue weighted by Gasteiger charge is 2.17. The van der Waals surface area contributed by atoms with Gasteiger partial charge in [0, 0.05) is 5.02 Å². The molecule has 0 aliphatic rings. The van der Waals surface area contributed by atoms with Crippen LogP contribution in [-0.4, -0.2) is 7.11 Å². The van der Waals surface area contributed by atoms with Crippen LogP contribution in [0.3, 0.4) is 0 Å². The Morgan fingerprint density at radius 3 is 2.55 bits per heavy atom. The van der Waals surface area contributed by atoms with Crippen LogP contribution in [0.1, 0.15) is 22.1 Å². The van der Waals surface area contributed by atoms with Gasteiger partial charge in [-0.2, -0.15) is 0 Å². The Hall–Kier alpha value is -0.770. The third-order valence-corrected chi connectivity index (χ3v) is 4.45. The molecule has 0 fully saturated rings. The van der Waals surface area contributed by atoms with E-state index in [0.29, 0.717) is 16.1 Å². The van der Waals surface area contributed by atoms with Gasteiger partial charge in [0.15, 0.2) is 0 Å². The maximum Gasteiger partial charge on any atom is 0.133 e. The molecule has 1 nitrogen and oxygen atoms in total. The summed E-state index contributed by atoms with van der Waals surface area (Å²) in [5.41, 5.74) is 2.05. The van der Waals surface area contributed by atoms with E-state index in [4.69, 9.17) is 27.9 Å². The third-order valence-electron chi connectivity index (χ3n) is 3.02. The lowest BCUT2D eigenvalue weighted by Crippen LogP contribution is -1.97. The first-order valence-electron chi connectivity index (χ1n) is 5.87. The van der Waals surface area contributed by atoms with E-state index < -0.39 is 5.38 Å². The monoisotopic (exact) mass is 376 g/mol. The fourth-order valence-corrected chi connectivity index (χ4v) is 3.08. The minimum Gasteiger partial charge on any atom is -0.496 e. The highest BCUT2D eigenvalue weighted by molar-refractivity contribution is 9.10. The summed E-state index contributed by atoms with van der Waals surface area (Å²) < 4.78 is 19.4. The van der Waals surface area contributed by atoms with E-state index in [0.717, 1.165) is 15.8 Å². The van der Waals surface area contributed by atoms with Crippen LogP contribution in [0, 0.1) is 12.7 Å². The van der Waals surface area contributed by atoms with E-state index in [9.17, 15) is 4.39 Å². The van der Waals surface area contributed by atoms with Gasteiger partial charge < -0.3 is 4.74 Å². The van der Waals surface area contributed by atoms with Gasteiger partial charge in [-0.05, 0) is 63.8 Å². The van der Waals surface area contributed by atoms with Crippen LogP contribution >= 0.6 is 39.1 Å². The first-order chi connectivity index (χ1) is 9.43. The molecule has 0 N–H and O–H groups in total. The molecule has 0 aliphatic heterocycles. The zero-order chi connectivity index (χ0) is 14.9. The Labute approximate surface area is 135 Å². The van der Waals surface area contributed by atoms with E-state index >= 15 is 0 Å². The molecule has 1 unspecified atom stereocenters. The summed E-state index contributed by atoms with van der Waals surface area (Å²) in [5, 5.41) is -0.135. The van der Waals surface area contributed by atoms with Crippen molar-refractivity contribution >= 4 is 39.1 Å². The van der Waals surface area contributed by atoms with Crippen molar-refractivity contribution in [3.05, 3.63) is 62.3 Å². The van der Waals surface area contributed by atoms with Crippen molar-refractivity contribution in [1.29, 1.82) is 0 Å². The van der Waals surface area contributed by atoms with Crippen LogP contribution in [0.25, 0.3) is 0 Å². The molecule has 0 amide bonds. The molecule has 0 aliphatic carbocycles. The van der Waals surface area contributed by atoms with Crippen LogP contribution in [0.5, 0.6) is 5.75 Å². The Kier molecular flexibility index (Phi) is 4.95. The molecule has 5 heteroatoms. The first kappa shape index (κ1) is 15.6. The molecule has 2 rings (SSSR count). The summed E-state index contributed by atoms with van der Waals surface area (Å²) >= 11 is 16.0. The van der Waals surface area contributed by atoms with E-state index in [1.54, 1.807) is 20.1 Å². The zero-order valence-electron chi connectivity index (χ0n) is 10.9. The maximum absolute atomic E-state index is 13.4. The SMILES string of the molecule is COc1ccc(C(Cl)c2cc(C)c(F)cc2Cl)cc1Br. The van der Waals surface area contributed by atoms with Crippen molar-refractivity contribution in [3.8, 4) is 5.75 Å². The van der Waals surface area contributed by atoms with Crippen LogP contribution in [0.4, 0.5) is 4.39 Å². The molecule has 0 saturated heterocycles. The summed E-state index contributed by atoms with van der Waals surface area (Å²) in [4.78, 5) is 0. The molecule has 0 spiro atoms. The fraction of sp³-hybridized carbons (Fsp3) is 0.200. The molecule has 0 saturated carbocycles. The number of hydrogen-bond acceptors (Lipinski definition) is 1. The summed E-state index contributed by atoms with van der Waals surface area (Å²) in [5.74, 6) is 0.387. The van der Waals surface area contributed by atoms with Gasteiger partial charge in [-0.1, -0.05) is 17.7 Å². The van der Waals surface area contributed by atoms with E-state index in [1.165, 1.54) is 6.07 Å². The van der Waals surface area contributed by atoms with E-state index in [-0.39, 0.29) is 5.82 Å². The second kappa shape index (κ2) is 6.33. The molecular weight excluding hydrogens is 366 g/mol. The molecule has 20 heavy (non-hydrogen) atoms. The lowest BCUT2D eigenvalue weighted by molar-refractivity contribution is 0.412. The van der Waals surface area contributed by atoms with Gasteiger partial charge in [-0.25, -0.2) is 4.39 Å². The zero-order valence-corrected chi connectivity index (χ0v) is 14.0. The lowest BCUT2D eigenvalue weighted by atomic mass is 10.0. The Balaban J connectivity index is 2.43. The van der Waals surface area contributed by atoms with Crippen LogP contribution in [-0.2, 0) is 0 Å². The second-order valence-corrected chi connectivity index (χ2v) is 6.08. The Morgan fingerprint density at radius 1 is 1.25 bits per heavy atom. The summed E-state index contributed by atoms with van der Waals surface area (Å²) in [6.45, 7) is 1.68.